The van der Waals surface area contributed by atoms with Gasteiger partial charge in [-0.1, -0.05) is 6.42 Å². The highest BCUT2D eigenvalue weighted by Gasteiger charge is 2.20. The number of aryl methyl sites for hydroxylation is 1. The van der Waals surface area contributed by atoms with Crippen molar-refractivity contribution >= 4 is 21.6 Å². The maximum Gasteiger partial charge on any atom is 0.291 e. The summed E-state index contributed by atoms with van der Waals surface area (Å²) in [5.41, 5.74) is 0.389. The van der Waals surface area contributed by atoms with Crippen LogP contribution in [-0.2, 0) is 13.1 Å². The third-order valence-corrected chi connectivity index (χ3v) is 4.34. The van der Waals surface area contributed by atoms with Gasteiger partial charge in [0.25, 0.3) is 5.56 Å². The first-order valence-electron chi connectivity index (χ1n) is 7.04. The predicted molar refractivity (Wildman–Crippen MR) is 82.1 cm³/mol. The van der Waals surface area contributed by atoms with Crippen LogP contribution in [0.1, 0.15) is 30.9 Å². The molecule has 0 amide bonds. The van der Waals surface area contributed by atoms with Gasteiger partial charge in [-0.05, 0) is 41.6 Å². The molecule has 1 saturated carbocycles. The second-order valence-electron chi connectivity index (χ2n) is 5.37. The standard InChI is InChI=1S/C14H17BrN4O2/c1-9-5-16-12(21-9)7-17-13-11(15)6-18-19(14(13)20)8-10-3-2-4-10/h5-6,10,17H,2-4,7-8H2,1H3. The molecule has 0 aliphatic heterocycles. The van der Waals surface area contributed by atoms with Gasteiger partial charge < -0.3 is 9.73 Å². The topological polar surface area (TPSA) is 73.0 Å². The van der Waals surface area contributed by atoms with Gasteiger partial charge in [0.1, 0.15) is 11.4 Å². The minimum Gasteiger partial charge on any atom is -0.444 e. The largest absolute Gasteiger partial charge is 0.444 e. The molecule has 1 N–H and O–H groups in total. The number of halogens is 1. The van der Waals surface area contributed by atoms with Gasteiger partial charge in [-0.15, -0.1) is 0 Å². The maximum atomic E-state index is 12.4. The Morgan fingerprint density at radius 1 is 1.48 bits per heavy atom. The molecule has 7 heteroatoms. The molecule has 2 aromatic rings. The van der Waals surface area contributed by atoms with E-state index in [0.717, 1.165) is 5.76 Å². The number of oxazole rings is 1. The molecule has 0 atom stereocenters. The zero-order valence-corrected chi connectivity index (χ0v) is 13.4. The van der Waals surface area contributed by atoms with Gasteiger partial charge in [0.05, 0.1) is 23.4 Å². The Kier molecular flexibility index (Phi) is 4.10. The van der Waals surface area contributed by atoms with Gasteiger partial charge in [0.2, 0.25) is 5.89 Å². The first-order valence-corrected chi connectivity index (χ1v) is 7.83. The number of aromatic nitrogens is 3. The minimum atomic E-state index is -0.112. The highest BCUT2D eigenvalue weighted by molar-refractivity contribution is 9.10. The zero-order valence-electron chi connectivity index (χ0n) is 11.8. The minimum absolute atomic E-state index is 0.112. The molecule has 1 fully saturated rings. The van der Waals surface area contributed by atoms with Crippen LogP contribution in [0, 0.1) is 12.8 Å². The molecule has 21 heavy (non-hydrogen) atoms. The predicted octanol–water partition coefficient (Wildman–Crippen LogP) is 2.71. The Bertz CT molecular complexity index is 691. The van der Waals surface area contributed by atoms with Crippen molar-refractivity contribution in [3.8, 4) is 0 Å². The molecule has 112 valence electrons. The molecule has 6 nitrogen and oxygen atoms in total. The van der Waals surface area contributed by atoms with E-state index >= 15 is 0 Å². The fourth-order valence-electron chi connectivity index (χ4n) is 2.33. The summed E-state index contributed by atoms with van der Waals surface area (Å²) in [7, 11) is 0. The molecule has 0 radical (unpaired) electrons. The lowest BCUT2D eigenvalue weighted by atomic mass is 9.85. The van der Waals surface area contributed by atoms with E-state index in [1.54, 1.807) is 12.4 Å². The Balaban J connectivity index is 1.76. The van der Waals surface area contributed by atoms with Crippen LogP contribution < -0.4 is 10.9 Å². The first kappa shape index (κ1) is 14.3. The lowest BCUT2D eigenvalue weighted by Gasteiger charge is -2.25. The van der Waals surface area contributed by atoms with E-state index in [4.69, 9.17) is 4.42 Å². The van der Waals surface area contributed by atoms with E-state index in [9.17, 15) is 4.79 Å². The van der Waals surface area contributed by atoms with Crippen LogP contribution in [0.3, 0.4) is 0 Å². The Hall–Kier alpha value is -1.63. The Labute approximate surface area is 130 Å². The van der Waals surface area contributed by atoms with E-state index in [0.29, 0.717) is 35.1 Å². The lowest BCUT2D eigenvalue weighted by Crippen LogP contribution is -2.30. The molecular formula is C14H17BrN4O2. The van der Waals surface area contributed by atoms with E-state index < -0.39 is 0 Å². The second-order valence-corrected chi connectivity index (χ2v) is 6.22. The molecule has 0 aromatic carbocycles. The van der Waals surface area contributed by atoms with Crippen molar-refractivity contribution in [1.29, 1.82) is 0 Å². The summed E-state index contributed by atoms with van der Waals surface area (Å²) in [5.74, 6) is 1.89. The summed E-state index contributed by atoms with van der Waals surface area (Å²) in [6, 6.07) is 0. The second kappa shape index (κ2) is 6.01. The molecule has 0 unspecified atom stereocenters. The van der Waals surface area contributed by atoms with Crippen molar-refractivity contribution in [2.24, 2.45) is 5.92 Å². The summed E-state index contributed by atoms with van der Waals surface area (Å²) in [4.78, 5) is 16.6. The van der Waals surface area contributed by atoms with Crippen LogP contribution >= 0.6 is 15.9 Å². The molecule has 2 heterocycles. The Morgan fingerprint density at radius 2 is 2.29 bits per heavy atom. The number of hydrogen-bond donors (Lipinski definition) is 1. The number of rotatable bonds is 5. The summed E-state index contributed by atoms with van der Waals surface area (Å²) in [6.07, 6.45) is 6.94. The molecule has 3 rings (SSSR count). The summed E-state index contributed by atoms with van der Waals surface area (Å²) >= 11 is 3.37. The number of hydrogen-bond acceptors (Lipinski definition) is 5. The third kappa shape index (κ3) is 3.18. The average molecular weight is 353 g/mol. The molecule has 1 aliphatic carbocycles. The monoisotopic (exact) mass is 352 g/mol. The van der Waals surface area contributed by atoms with Gasteiger partial charge in [-0.25, -0.2) is 9.67 Å². The third-order valence-electron chi connectivity index (χ3n) is 3.74. The zero-order chi connectivity index (χ0) is 14.8. The van der Waals surface area contributed by atoms with Crippen molar-refractivity contribution in [3.05, 3.63) is 38.9 Å². The molecular weight excluding hydrogens is 336 g/mol. The van der Waals surface area contributed by atoms with Crippen LogP contribution in [0.5, 0.6) is 0 Å². The van der Waals surface area contributed by atoms with Crippen LogP contribution in [0.15, 0.2) is 26.1 Å². The van der Waals surface area contributed by atoms with E-state index in [1.165, 1.54) is 23.9 Å². The molecule has 0 bridgehead atoms. The average Bonchev–Trinajstić information content (AvgIpc) is 2.81. The van der Waals surface area contributed by atoms with Gasteiger partial charge in [0, 0.05) is 6.54 Å². The van der Waals surface area contributed by atoms with E-state index in [2.05, 4.69) is 31.3 Å². The quantitative estimate of drug-likeness (QED) is 0.895. The highest BCUT2D eigenvalue weighted by atomic mass is 79.9. The first-order chi connectivity index (χ1) is 10.1. The van der Waals surface area contributed by atoms with Gasteiger partial charge in [-0.3, -0.25) is 4.79 Å². The fourth-order valence-corrected chi connectivity index (χ4v) is 2.73. The lowest BCUT2D eigenvalue weighted by molar-refractivity contribution is 0.262. The number of nitrogens with one attached hydrogen (secondary N) is 1. The molecule has 0 spiro atoms. The number of nitrogens with zero attached hydrogens (tertiary/aromatic N) is 3. The van der Waals surface area contributed by atoms with Crippen LogP contribution in [0.4, 0.5) is 5.69 Å². The van der Waals surface area contributed by atoms with Gasteiger partial charge in [0.15, 0.2) is 0 Å². The van der Waals surface area contributed by atoms with Crippen molar-refractivity contribution in [3.63, 3.8) is 0 Å². The smallest absolute Gasteiger partial charge is 0.291 e. The van der Waals surface area contributed by atoms with Crippen molar-refractivity contribution in [1.82, 2.24) is 14.8 Å². The van der Waals surface area contributed by atoms with Crippen LogP contribution in [-0.4, -0.2) is 14.8 Å². The summed E-state index contributed by atoms with van der Waals surface area (Å²) < 4.78 is 7.59. The fraction of sp³-hybridized carbons (Fsp3) is 0.500. The summed E-state index contributed by atoms with van der Waals surface area (Å²) in [6.45, 7) is 2.90. The number of anilines is 1. The van der Waals surface area contributed by atoms with Crippen LogP contribution in [0.25, 0.3) is 0 Å². The van der Waals surface area contributed by atoms with Gasteiger partial charge in [-0.2, -0.15) is 5.10 Å². The van der Waals surface area contributed by atoms with Gasteiger partial charge >= 0.3 is 0 Å². The van der Waals surface area contributed by atoms with Crippen LogP contribution in [0.2, 0.25) is 0 Å². The molecule has 1 aliphatic rings. The highest BCUT2D eigenvalue weighted by Crippen LogP contribution is 2.27. The normalized spacial score (nSPS) is 15.0. The maximum absolute atomic E-state index is 12.4. The van der Waals surface area contributed by atoms with Crippen molar-refractivity contribution in [2.45, 2.75) is 39.3 Å². The van der Waals surface area contributed by atoms with E-state index in [1.807, 2.05) is 6.92 Å². The SMILES string of the molecule is Cc1cnc(CNc2c(Br)cnn(CC3CCC3)c2=O)o1. The van der Waals surface area contributed by atoms with Crippen molar-refractivity contribution < 1.29 is 4.42 Å². The molecule has 2 aromatic heterocycles. The van der Waals surface area contributed by atoms with Crippen molar-refractivity contribution in [2.75, 3.05) is 5.32 Å². The Morgan fingerprint density at radius 3 is 2.90 bits per heavy atom. The summed E-state index contributed by atoms with van der Waals surface area (Å²) in [5, 5.41) is 7.28. The molecule has 0 saturated heterocycles. The van der Waals surface area contributed by atoms with E-state index in [-0.39, 0.29) is 5.56 Å².